The lowest BCUT2D eigenvalue weighted by atomic mass is 9.80. The first-order valence-electron chi connectivity index (χ1n) is 9.98. The van der Waals surface area contributed by atoms with E-state index >= 15 is 0 Å². The van der Waals surface area contributed by atoms with Crippen LogP contribution in [0.4, 0.5) is 0 Å². The minimum absolute atomic E-state index is 0.216. The average Bonchev–Trinajstić information content (AvgIpc) is 2.94. The molecule has 0 saturated carbocycles. The molecule has 0 bridgehead atoms. The fraction of sp³-hybridized carbons (Fsp3) is 0.417. The van der Waals surface area contributed by atoms with Crippen molar-refractivity contribution in [3.63, 3.8) is 0 Å². The molecule has 152 valence electrons. The second-order valence-corrected chi connectivity index (χ2v) is 9.25. The first kappa shape index (κ1) is 19.5. The molecular weight excluding hydrogens is 364 g/mol. The highest BCUT2D eigenvalue weighted by Crippen LogP contribution is 2.47. The summed E-state index contributed by atoms with van der Waals surface area (Å²) in [4.78, 5) is 16.5. The average molecular weight is 392 g/mol. The maximum atomic E-state index is 11.4. The van der Waals surface area contributed by atoms with Crippen LogP contribution in [0.2, 0.25) is 0 Å². The van der Waals surface area contributed by atoms with E-state index in [-0.39, 0.29) is 23.5 Å². The normalized spacial score (nSPS) is 18.3. The molecule has 0 atom stereocenters. The second-order valence-electron chi connectivity index (χ2n) is 9.25. The lowest BCUT2D eigenvalue weighted by Crippen LogP contribution is -2.30. The summed E-state index contributed by atoms with van der Waals surface area (Å²) < 4.78 is 11.9. The van der Waals surface area contributed by atoms with Gasteiger partial charge < -0.3 is 15.2 Å². The van der Waals surface area contributed by atoms with Crippen LogP contribution in [-0.4, -0.2) is 29.9 Å². The van der Waals surface area contributed by atoms with Crippen molar-refractivity contribution in [3.05, 3.63) is 58.1 Å². The van der Waals surface area contributed by atoms with E-state index in [2.05, 4.69) is 33.8 Å². The van der Waals surface area contributed by atoms with Crippen molar-refractivity contribution >= 4 is 11.6 Å². The monoisotopic (exact) mass is 392 g/mol. The van der Waals surface area contributed by atoms with Gasteiger partial charge in [0.2, 0.25) is 5.91 Å². The number of primary amides is 1. The summed E-state index contributed by atoms with van der Waals surface area (Å²) in [5.41, 5.74) is 11.2. The molecule has 2 aromatic rings. The van der Waals surface area contributed by atoms with E-state index in [0.717, 1.165) is 52.3 Å². The highest BCUT2D eigenvalue weighted by atomic mass is 16.5. The van der Waals surface area contributed by atoms with E-state index < -0.39 is 0 Å². The van der Waals surface area contributed by atoms with Crippen LogP contribution in [0.1, 0.15) is 55.5 Å². The largest absolute Gasteiger partial charge is 0.493 e. The van der Waals surface area contributed by atoms with Gasteiger partial charge in [-0.15, -0.1) is 0 Å². The number of methoxy groups -OCH3 is 1. The number of nitrogens with zero attached hydrogens (tertiary/aromatic N) is 1. The van der Waals surface area contributed by atoms with E-state index in [0.29, 0.717) is 0 Å². The number of amides is 1. The molecule has 2 heterocycles. The van der Waals surface area contributed by atoms with Crippen molar-refractivity contribution in [3.8, 4) is 11.5 Å². The molecule has 2 aliphatic rings. The molecule has 0 unspecified atom stereocenters. The molecule has 0 radical (unpaired) electrons. The number of carbonyl (C=O) groups excluding carboxylic acids is 1. The van der Waals surface area contributed by atoms with Gasteiger partial charge in [0.05, 0.1) is 24.8 Å². The Morgan fingerprint density at radius 1 is 1.21 bits per heavy atom. The minimum Gasteiger partial charge on any atom is -0.493 e. The Bertz CT molecular complexity index is 1030. The second kappa shape index (κ2) is 6.61. The van der Waals surface area contributed by atoms with Crippen LogP contribution < -0.4 is 15.2 Å². The molecule has 2 aromatic carbocycles. The topological polar surface area (TPSA) is 73.9 Å². The standard InChI is InChI=1S/C24H28N2O3/c1-23(2)12-16-11-18(28-5)22-17(13-24(3,4)29-22)20(16)21(26-23)15-8-6-7-14(9-15)10-19(25)27/h6-9,11H,10,12-13H2,1-5H3,(H2,25,27). The Labute approximate surface area is 171 Å². The third-order valence-corrected chi connectivity index (χ3v) is 5.48. The van der Waals surface area contributed by atoms with Gasteiger partial charge in [0.1, 0.15) is 5.60 Å². The SMILES string of the molecule is COc1cc2c(c3c1OC(C)(C)C3)C(c1cccc(CC(N)=O)c1)=NC(C)(C)C2. The van der Waals surface area contributed by atoms with E-state index in [1.165, 1.54) is 5.56 Å². The number of hydrogen-bond donors (Lipinski definition) is 1. The first-order valence-corrected chi connectivity index (χ1v) is 9.98. The van der Waals surface area contributed by atoms with Crippen LogP contribution in [0.15, 0.2) is 35.3 Å². The molecule has 2 N–H and O–H groups in total. The van der Waals surface area contributed by atoms with E-state index in [1.54, 1.807) is 7.11 Å². The number of rotatable bonds is 4. The molecule has 5 heteroatoms. The summed E-state index contributed by atoms with van der Waals surface area (Å²) in [5.74, 6) is 1.26. The number of fused-ring (bicyclic) bond motifs is 3. The van der Waals surface area contributed by atoms with Crippen LogP contribution in [0, 0.1) is 0 Å². The molecule has 0 spiro atoms. The third-order valence-electron chi connectivity index (χ3n) is 5.48. The molecule has 0 fully saturated rings. The van der Waals surface area contributed by atoms with E-state index in [1.807, 2.05) is 24.3 Å². The predicted octanol–water partition coefficient (Wildman–Crippen LogP) is 3.61. The zero-order valence-electron chi connectivity index (χ0n) is 17.8. The van der Waals surface area contributed by atoms with Gasteiger partial charge >= 0.3 is 0 Å². The Morgan fingerprint density at radius 3 is 2.66 bits per heavy atom. The first-order chi connectivity index (χ1) is 13.6. The molecule has 29 heavy (non-hydrogen) atoms. The number of ether oxygens (including phenoxy) is 2. The quantitative estimate of drug-likeness (QED) is 0.864. The van der Waals surface area contributed by atoms with Crippen molar-refractivity contribution in [2.45, 2.75) is 58.1 Å². The molecular formula is C24H28N2O3. The zero-order chi connectivity index (χ0) is 21.0. The van der Waals surface area contributed by atoms with E-state index in [9.17, 15) is 4.79 Å². The Balaban J connectivity index is 1.93. The summed E-state index contributed by atoms with van der Waals surface area (Å²) in [6, 6.07) is 10.0. The van der Waals surface area contributed by atoms with Gasteiger partial charge in [0.15, 0.2) is 11.5 Å². The van der Waals surface area contributed by atoms with Crippen LogP contribution in [0.5, 0.6) is 11.5 Å². The van der Waals surface area contributed by atoms with Gasteiger partial charge in [-0.2, -0.15) is 0 Å². The molecule has 0 aliphatic carbocycles. The molecule has 1 amide bonds. The van der Waals surface area contributed by atoms with Crippen LogP contribution in [0.25, 0.3) is 0 Å². The molecule has 2 aliphatic heterocycles. The molecule has 0 saturated heterocycles. The number of aliphatic imine (C=N–C) groups is 1. The van der Waals surface area contributed by atoms with Gasteiger partial charge in [0, 0.05) is 23.1 Å². The van der Waals surface area contributed by atoms with Gasteiger partial charge in [-0.1, -0.05) is 18.2 Å². The molecule has 4 rings (SSSR count). The summed E-state index contributed by atoms with van der Waals surface area (Å²) in [6.07, 6.45) is 1.84. The number of benzene rings is 2. The lowest BCUT2D eigenvalue weighted by molar-refractivity contribution is -0.117. The molecule has 0 aromatic heterocycles. The summed E-state index contributed by atoms with van der Waals surface area (Å²) in [5, 5.41) is 0. The summed E-state index contributed by atoms with van der Waals surface area (Å²) in [7, 11) is 1.69. The maximum absolute atomic E-state index is 11.4. The van der Waals surface area contributed by atoms with Crippen molar-refractivity contribution in [1.82, 2.24) is 0 Å². The fourth-order valence-corrected chi connectivity index (χ4v) is 4.46. The Kier molecular flexibility index (Phi) is 4.45. The smallest absolute Gasteiger partial charge is 0.221 e. The fourth-order valence-electron chi connectivity index (χ4n) is 4.46. The highest BCUT2D eigenvalue weighted by Gasteiger charge is 2.39. The highest BCUT2D eigenvalue weighted by molar-refractivity contribution is 6.16. The van der Waals surface area contributed by atoms with Crippen molar-refractivity contribution in [2.24, 2.45) is 10.7 Å². The zero-order valence-corrected chi connectivity index (χ0v) is 17.8. The van der Waals surface area contributed by atoms with E-state index in [4.69, 9.17) is 20.2 Å². The van der Waals surface area contributed by atoms with Gasteiger partial charge in [-0.25, -0.2) is 0 Å². The Hall–Kier alpha value is -2.82. The predicted molar refractivity (Wildman–Crippen MR) is 114 cm³/mol. The number of hydrogen-bond acceptors (Lipinski definition) is 4. The van der Waals surface area contributed by atoms with Crippen molar-refractivity contribution in [2.75, 3.05) is 7.11 Å². The Morgan fingerprint density at radius 2 is 1.97 bits per heavy atom. The van der Waals surface area contributed by atoms with Crippen molar-refractivity contribution in [1.29, 1.82) is 0 Å². The number of carbonyl (C=O) groups is 1. The van der Waals surface area contributed by atoms with Gasteiger partial charge in [-0.05, 0) is 57.4 Å². The lowest BCUT2D eigenvalue weighted by Gasteiger charge is -2.31. The third kappa shape index (κ3) is 3.61. The van der Waals surface area contributed by atoms with Gasteiger partial charge in [-0.3, -0.25) is 9.79 Å². The van der Waals surface area contributed by atoms with Crippen LogP contribution in [-0.2, 0) is 24.1 Å². The maximum Gasteiger partial charge on any atom is 0.221 e. The van der Waals surface area contributed by atoms with Crippen molar-refractivity contribution < 1.29 is 14.3 Å². The van der Waals surface area contributed by atoms with Crippen LogP contribution >= 0.6 is 0 Å². The van der Waals surface area contributed by atoms with Crippen LogP contribution in [0.3, 0.4) is 0 Å². The summed E-state index contributed by atoms with van der Waals surface area (Å²) >= 11 is 0. The number of nitrogens with two attached hydrogens (primary N) is 1. The minimum atomic E-state index is -0.339. The summed E-state index contributed by atoms with van der Waals surface area (Å²) in [6.45, 7) is 8.47. The van der Waals surface area contributed by atoms with Gasteiger partial charge in [0.25, 0.3) is 0 Å². The molecule has 5 nitrogen and oxygen atoms in total.